The minimum absolute atomic E-state index is 0.295. The Hall–Kier alpha value is -2.25. The maximum absolute atomic E-state index is 11.9. The fourth-order valence-corrected chi connectivity index (χ4v) is 2.31. The molecule has 7 nitrogen and oxygen atoms in total. The van der Waals surface area contributed by atoms with E-state index < -0.39 is 18.1 Å². The number of hydrogen-bond acceptors (Lipinski definition) is 5. The highest BCUT2D eigenvalue weighted by Crippen LogP contribution is 2.22. The van der Waals surface area contributed by atoms with E-state index in [1.54, 1.807) is 10.9 Å². The molecule has 0 bridgehead atoms. The first-order valence-electron chi connectivity index (χ1n) is 7.50. The molecule has 0 aliphatic rings. The third kappa shape index (κ3) is 3.94. The summed E-state index contributed by atoms with van der Waals surface area (Å²) in [6.07, 6.45) is 2.81. The van der Waals surface area contributed by atoms with Crippen LogP contribution in [0.25, 0.3) is 11.1 Å². The average molecular weight is 317 g/mol. The van der Waals surface area contributed by atoms with Crippen molar-refractivity contribution in [2.45, 2.75) is 39.0 Å². The first-order valence-corrected chi connectivity index (χ1v) is 7.50. The molecule has 2 aromatic rings. The van der Waals surface area contributed by atoms with Crippen molar-refractivity contribution in [3.05, 3.63) is 35.9 Å². The van der Waals surface area contributed by atoms with E-state index in [0.29, 0.717) is 0 Å². The van der Waals surface area contributed by atoms with Gasteiger partial charge in [0.15, 0.2) is 0 Å². The van der Waals surface area contributed by atoms with Crippen molar-refractivity contribution < 1.29 is 9.90 Å². The van der Waals surface area contributed by atoms with E-state index in [9.17, 15) is 9.90 Å². The third-order valence-corrected chi connectivity index (χ3v) is 3.74. The van der Waals surface area contributed by atoms with E-state index in [4.69, 9.17) is 5.73 Å². The summed E-state index contributed by atoms with van der Waals surface area (Å²) in [6.45, 7) is 5.26. The number of nitrogens with two attached hydrogens (primary N) is 1. The van der Waals surface area contributed by atoms with Gasteiger partial charge in [0.2, 0.25) is 5.91 Å². The van der Waals surface area contributed by atoms with Crippen LogP contribution in [0.1, 0.15) is 31.3 Å². The van der Waals surface area contributed by atoms with Gasteiger partial charge in [0.1, 0.15) is 6.04 Å². The molecular weight excluding hydrogens is 294 g/mol. The van der Waals surface area contributed by atoms with E-state index in [0.717, 1.165) is 22.5 Å². The van der Waals surface area contributed by atoms with E-state index in [1.807, 2.05) is 39.2 Å². The minimum Gasteiger partial charge on any atom is -0.391 e. The lowest BCUT2D eigenvalue weighted by Gasteiger charge is -2.19. The van der Waals surface area contributed by atoms with Gasteiger partial charge in [-0.05, 0) is 26.8 Å². The summed E-state index contributed by atoms with van der Waals surface area (Å²) in [5, 5.41) is 16.4. The number of pyridine rings is 1. The zero-order chi connectivity index (χ0) is 17.1. The predicted octanol–water partition coefficient (Wildman–Crippen LogP) is 0.676. The number of aliphatic hydroxyl groups excluding tert-OH is 1. The SMILES string of the molecule is Cc1nn(C)cc1-c1ccc([C@@H](C)NC(=O)[C@@H](N)[C@@H](C)O)nc1. The maximum atomic E-state index is 11.9. The topological polar surface area (TPSA) is 106 Å². The molecule has 0 unspecified atom stereocenters. The summed E-state index contributed by atoms with van der Waals surface area (Å²) in [6, 6.07) is 2.57. The highest BCUT2D eigenvalue weighted by atomic mass is 16.3. The first kappa shape index (κ1) is 17.1. The average Bonchev–Trinajstić information content (AvgIpc) is 2.85. The standard InChI is InChI=1S/C16H23N5O2/c1-9-13(8-21(4)20-9)12-5-6-14(18-7-12)10(2)19-16(23)15(17)11(3)22/h5-8,10-11,15,22H,17H2,1-4H3,(H,19,23)/t10-,11-,15+/m1/s1. The van der Waals surface area contributed by atoms with Gasteiger partial charge in [-0.2, -0.15) is 5.10 Å². The molecule has 0 aromatic carbocycles. The van der Waals surface area contributed by atoms with Gasteiger partial charge in [-0.25, -0.2) is 0 Å². The largest absolute Gasteiger partial charge is 0.391 e. The molecule has 0 saturated carbocycles. The van der Waals surface area contributed by atoms with Crippen LogP contribution in [0.15, 0.2) is 24.5 Å². The fraction of sp³-hybridized carbons (Fsp3) is 0.438. The van der Waals surface area contributed by atoms with Gasteiger partial charge in [0, 0.05) is 30.6 Å². The molecular formula is C16H23N5O2. The van der Waals surface area contributed by atoms with Crippen molar-refractivity contribution >= 4 is 5.91 Å². The predicted molar refractivity (Wildman–Crippen MR) is 87.4 cm³/mol. The van der Waals surface area contributed by atoms with Gasteiger partial charge >= 0.3 is 0 Å². The number of aryl methyl sites for hydroxylation is 2. The summed E-state index contributed by atoms with van der Waals surface area (Å²) in [5.41, 5.74) is 9.27. The number of aromatic nitrogens is 3. The van der Waals surface area contributed by atoms with E-state index >= 15 is 0 Å². The molecule has 0 spiro atoms. The van der Waals surface area contributed by atoms with E-state index in [2.05, 4.69) is 15.4 Å². The lowest BCUT2D eigenvalue weighted by atomic mass is 10.1. The molecule has 7 heteroatoms. The molecule has 4 N–H and O–H groups in total. The molecule has 2 heterocycles. The summed E-state index contributed by atoms with van der Waals surface area (Å²) in [5.74, 6) is -0.401. The van der Waals surface area contributed by atoms with Crippen LogP contribution in [0.5, 0.6) is 0 Å². The lowest BCUT2D eigenvalue weighted by molar-refractivity contribution is -0.125. The highest BCUT2D eigenvalue weighted by molar-refractivity contribution is 5.82. The molecule has 0 saturated heterocycles. The highest BCUT2D eigenvalue weighted by Gasteiger charge is 2.21. The first-order chi connectivity index (χ1) is 10.8. The normalized spacial score (nSPS) is 15.0. The Morgan fingerprint density at radius 2 is 2.09 bits per heavy atom. The van der Waals surface area contributed by atoms with Gasteiger partial charge in [-0.1, -0.05) is 6.07 Å². The molecule has 0 fully saturated rings. The molecule has 0 aliphatic heterocycles. The van der Waals surface area contributed by atoms with Gasteiger partial charge < -0.3 is 16.2 Å². The Balaban J connectivity index is 2.10. The monoisotopic (exact) mass is 317 g/mol. The molecule has 2 aromatic heterocycles. The molecule has 2 rings (SSSR count). The van der Waals surface area contributed by atoms with Crippen LogP contribution in [-0.2, 0) is 11.8 Å². The van der Waals surface area contributed by atoms with Crippen molar-refractivity contribution in [1.29, 1.82) is 0 Å². The summed E-state index contributed by atoms with van der Waals surface area (Å²) in [7, 11) is 1.88. The summed E-state index contributed by atoms with van der Waals surface area (Å²) in [4.78, 5) is 16.3. The fourth-order valence-electron chi connectivity index (χ4n) is 2.31. The maximum Gasteiger partial charge on any atom is 0.240 e. The van der Waals surface area contributed by atoms with Crippen molar-refractivity contribution in [1.82, 2.24) is 20.1 Å². The number of hydrogen-bond donors (Lipinski definition) is 3. The minimum atomic E-state index is -0.949. The van der Waals surface area contributed by atoms with Gasteiger partial charge in [0.05, 0.1) is 23.5 Å². The van der Waals surface area contributed by atoms with Gasteiger partial charge in [0.25, 0.3) is 0 Å². The molecule has 3 atom stereocenters. The van der Waals surface area contributed by atoms with Crippen LogP contribution in [0, 0.1) is 6.92 Å². The van der Waals surface area contributed by atoms with Crippen LogP contribution >= 0.6 is 0 Å². The van der Waals surface area contributed by atoms with E-state index in [-0.39, 0.29) is 6.04 Å². The van der Waals surface area contributed by atoms with E-state index in [1.165, 1.54) is 6.92 Å². The second-order valence-electron chi connectivity index (χ2n) is 5.77. The van der Waals surface area contributed by atoms with Crippen molar-refractivity contribution in [2.24, 2.45) is 12.8 Å². The Labute approximate surface area is 135 Å². The number of nitrogens with one attached hydrogen (secondary N) is 1. The van der Waals surface area contributed by atoms with Crippen LogP contribution < -0.4 is 11.1 Å². The van der Waals surface area contributed by atoms with Gasteiger partial charge in [-0.15, -0.1) is 0 Å². The number of aliphatic hydroxyl groups is 1. The van der Waals surface area contributed by atoms with Crippen molar-refractivity contribution in [3.63, 3.8) is 0 Å². The smallest absolute Gasteiger partial charge is 0.240 e. The lowest BCUT2D eigenvalue weighted by Crippen LogP contribution is -2.47. The zero-order valence-electron chi connectivity index (χ0n) is 13.8. The second-order valence-corrected chi connectivity index (χ2v) is 5.77. The molecule has 1 amide bonds. The molecule has 0 aliphatic carbocycles. The number of carbonyl (C=O) groups is 1. The van der Waals surface area contributed by atoms with Crippen LogP contribution in [-0.4, -0.2) is 37.9 Å². The molecule has 23 heavy (non-hydrogen) atoms. The van der Waals surface area contributed by atoms with Gasteiger partial charge in [-0.3, -0.25) is 14.5 Å². The zero-order valence-corrected chi connectivity index (χ0v) is 13.8. The quantitative estimate of drug-likeness (QED) is 0.752. The number of carbonyl (C=O) groups excluding carboxylic acids is 1. The Kier molecular flexibility index (Phi) is 5.12. The van der Waals surface area contributed by atoms with Crippen LogP contribution in [0.2, 0.25) is 0 Å². The van der Waals surface area contributed by atoms with Crippen molar-refractivity contribution in [2.75, 3.05) is 0 Å². The summed E-state index contributed by atoms with van der Waals surface area (Å²) >= 11 is 0. The van der Waals surface area contributed by atoms with Crippen LogP contribution in [0.4, 0.5) is 0 Å². The number of nitrogens with zero attached hydrogens (tertiary/aromatic N) is 3. The molecule has 0 radical (unpaired) electrons. The number of rotatable bonds is 5. The Bertz CT molecular complexity index is 678. The third-order valence-electron chi connectivity index (χ3n) is 3.74. The Morgan fingerprint density at radius 1 is 1.39 bits per heavy atom. The van der Waals surface area contributed by atoms with Crippen molar-refractivity contribution in [3.8, 4) is 11.1 Å². The second kappa shape index (κ2) is 6.89. The number of amides is 1. The Morgan fingerprint density at radius 3 is 2.57 bits per heavy atom. The molecule has 124 valence electrons. The van der Waals surface area contributed by atoms with Crippen LogP contribution in [0.3, 0.4) is 0 Å². The summed E-state index contributed by atoms with van der Waals surface area (Å²) < 4.78 is 1.76.